The Morgan fingerprint density at radius 3 is 2.48 bits per heavy atom. The Labute approximate surface area is 152 Å². The molecule has 0 aliphatic rings. The number of rotatable bonds is 7. The van der Waals surface area contributed by atoms with Gasteiger partial charge in [0.05, 0.1) is 18.0 Å². The van der Waals surface area contributed by atoms with Gasteiger partial charge in [0.15, 0.2) is 15.8 Å². The molecule has 1 heterocycles. The topological polar surface area (TPSA) is 79.8 Å². The third-order valence-corrected chi connectivity index (χ3v) is 5.67. The fraction of sp³-hybridized carbons (Fsp3) is 0.353. The number of aryl methyl sites for hydroxylation is 1. The zero-order chi connectivity index (χ0) is 18.3. The molecular formula is C17H23N3O3S2. The Morgan fingerprint density at radius 1 is 1.20 bits per heavy atom. The van der Waals surface area contributed by atoms with Gasteiger partial charge in [0.1, 0.15) is 12.4 Å². The largest absolute Gasteiger partial charge is 0.492 e. The summed E-state index contributed by atoms with van der Waals surface area (Å²) in [6, 6.07) is 8.50. The van der Waals surface area contributed by atoms with Crippen LogP contribution < -0.4 is 15.4 Å². The molecule has 1 aromatic heterocycles. The Bertz CT molecular complexity index is 812. The quantitative estimate of drug-likeness (QED) is 0.437. The summed E-state index contributed by atoms with van der Waals surface area (Å²) in [5, 5.41) is 8.52. The summed E-state index contributed by atoms with van der Waals surface area (Å²) in [6.45, 7) is 3.84. The third kappa shape index (κ3) is 6.06. The average molecular weight is 382 g/mol. The molecule has 0 unspecified atom stereocenters. The fourth-order valence-corrected chi connectivity index (χ4v) is 3.57. The van der Waals surface area contributed by atoms with Crippen molar-refractivity contribution in [2.24, 2.45) is 4.99 Å². The molecule has 6 nitrogen and oxygen atoms in total. The van der Waals surface area contributed by atoms with E-state index in [1.165, 1.54) is 16.7 Å². The second-order valence-electron chi connectivity index (χ2n) is 5.47. The van der Waals surface area contributed by atoms with Gasteiger partial charge in [-0.2, -0.15) is 0 Å². The second kappa shape index (κ2) is 8.87. The lowest BCUT2D eigenvalue weighted by Gasteiger charge is -2.12. The lowest BCUT2D eigenvalue weighted by atomic mass is 10.3. The van der Waals surface area contributed by atoms with Gasteiger partial charge in [0, 0.05) is 18.2 Å². The van der Waals surface area contributed by atoms with Crippen molar-refractivity contribution in [3.05, 3.63) is 46.2 Å². The van der Waals surface area contributed by atoms with Crippen LogP contribution in [0, 0.1) is 6.92 Å². The van der Waals surface area contributed by atoms with Gasteiger partial charge in [-0.3, -0.25) is 4.99 Å². The third-order valence-electron chi connectivity index (χ3n) is 3.52. The highest BCUT2D eigenvalue weighted by Crippen LogP contribution is 2.16. The average Bonchev–Trinajstić information content (AvgIpc) is 2.99. The van der Waals surface area contributed by atoms with E-state index >= 15 is 0 Å². The standard InChI is InChI=1S/C17H23N3O3S2/c1-13-8-11-24-16(13)12-20-17(18-2)19-9-10-23-14-4-6-15(7-5-14)25(3,21)22/h4-8,11H,9-10,12H2,1-3H3,(H2,18,19,20). The van der Waals surface area contributed by atoms with E-state index in [2.05, 4.69) is 34.0 Å². The van der Waals surface area contributed by atoms with E-state index in [4.69, 9.17) is 4.74 Å². The Morgan fingerprint density at radius 2 is 1.92 bits per heavy atom. The predicted octanol–water partition coefficient (Wildman–Crippen LogP) is 2.20. The van der Waals surface area contributed by atoms with Crippen molar-refractivity contribution in [2.75, 3.05) is 26.5 Å². The first kappa shape index (κ1) is 19.3. The maximum atomic E-state index is 11.4. The lowest BCUT2D eigenvalue weighted by molar-refractivity contribution is 0.321. The number of nitrogens with zero attached hydrogens (tertiary/aromatic N) is 1. The normalized spacial score (nSPS) is 12.0. The monoisotopic (exact) mass is 381 g/mol. The zero-order valence-electron chi connectivity index (χ0n) is 14.6. The van der Waals surface area contributed by atoms with Crippen molar-refractivity contribution >= 4 is 27.1 Å². The van der Waals surface area contributed by atoms with Crippen molar-refractivity contribution in [1.82, 2.24) is 10.6 Å². The molecule has 8 heteroatoms. The molecule has 0 saturated heterocycles. The molecule has 0 aliphatic heterocycles. The minimum Gasteiger partial charge on any atom is -0.492 e. The number of ether oxygens (including phenoxy) is 1. The second-order valence-corrected chi connectivity index (χ2v) is 8.49. The fourth-order valence-electron chi connectivity index (χ4n) is 2.09. The van der Waals surface area contributed by atoms with Gasteiger partial charge < -0.3 is 15.4 Å². The van der Waals surface area contributed by atoms with E-state index in [1.807, 2.05) is 0 Å². The summed E-state index contributed by atoms with van der Waals surface area (Å²) in [4.78, 5) is 5.74. The maximum Gasteiger partial charge on any atom is 0.191 e. The Kier molecular flexibility index (Phi) is 6.83. The summed E-state index contributed by atoms with van der Waals surface area (Å²) in [5.74, 6) is 1.34. The number of benzene rings is 1. The van der Waals surface area contributed by atoms with Crippen LogP contribution in [-0.2, 0) is 16.4 Å². The summed E-state index contributed by atoms with van der Waals surface area (Å²) in [6.07, 6.45) is 1.18. The molecule has 0 bridgehead atoms. The zero-order valence-corrected chi connectivity index (χ0v) is 16.2. The van der Waals surface area contributed by atoms with Crippen LogP contribution in [0.2, 0.25) is 0 Å². The SMILES string of the molecule is CN=C(NCCOc1ccc(S(C)(=O)=O)cc1)NCc1sccc1C. The number of thiophene rings is 1. The molecule has 0 aliphatic carbocycles. The molecule has 0 atom stereocenters. The predicted molar refractivity (Wildman–Crippen MR) is 102 cm³/mol. The van der Waals surface area contributed by atoms with E-state index in [-0.39, 0.29) is 4.90 Å². The van der Waals surface area contributed by atoms with Gasteiger partial charge >= 0.3 is 0 Å². The minimum absolute atomic E-state index is 0.284. The van der Waals surface area contributed by atoms with Crippen LogP contribution in [0.1, 0.15) is 10.4 Å². The van der Waals surface area contributed by atoms with Crippen molar-refractivity contribution in [1.29, 1.82) is 0 Å². The summed E-state index contributed by atoms with van der Waals surface area (Å²) in [5.41, 5.74) is 1.27. The van der Waals surface area contributed by atoms with Gasteiger partial charge in [0.2, 0.25) is 0 Å². The van der Waals surface area contributed by atoms with Gasteiger partial charge in [-0.15, -0.1) is 11.3 Å². The molecule has 1 aromatic carbocycles. The molecule has 0 amide bonds. The van der Waals surface area contributed by atoms with E-state index < -0.39 is 9.84 Å². The molecule has 25 heavy (non-hydrogen) atoms. The number of nitrogens with one attached hydrogen (secondary N) is 2. The van der Waals surface area contributed by atoms with Crippen LogP contribution in [0.15, 0.2) is 45.6 Å². The van der Waals surface area contributed by atoms with Gasteiger partial charge in [-0.25, -0.2) is 8.42 Å². The number of sulfone groups is 1. The van der Waals surface area contributed by atoms with Crippen LogP contribution in [0.25, 0.3) is 0 Å². The summed E-state index contributed by atoms with van der Waals surface area (Å²) in [7, 11) is -1.45. The van der Waals surface area contributed by atoms with Gasteiger partial charge in [-0.1, -0.05) is 0 Å². The first-order valence-electron chi connectivity index (χ1n) is 7.80. The molecule has 0 radical (unpaired) electrons. The molecule has 0 saturated carbocycles. The van der Waals surface area contributed by atoms with Crippen molar-refractivity contribution in [3.8, 4) is 5.75 Å². The highest BCUT2D eigenvalue weighted by Gasteiger charge is 2.06. The van der Waals surface area contributed by atoms with Crippen molar-refractivity contribution in [2.45, 2.75) is 18.4 Å². The molecule has 0 fully saturated rings. The molecule has 2 aromatic rings. The lowest BCUT2D eigenvalue weighted by Crippen LogP contribution is -2.38. The first-order valence-corrected chi connectivity index (χ1v) is 10.6. The van der Waals surface area contributed by atoms with E-state index in [0.29, 0.717) is 24.9 Å². The van der Waals surface area contributed by atoms with Crippen LogP contribution >= 0.6 is 11.3 Å². The smallest absolute Gasteiger partial charge is 0.191 e. The molecule has 136 valence electrons. The van der Waals surface area contributed by atoms with Crippen LogP contribution in [0.3, 0.4) is 0 Å². The van der Waals surface area contributed by atoms with Crippen molar-refractivity contribution < 1.29 is 13.2 Å². The van der Waals surface area contributed by atoms with E-state index in [9.17, 15) is 8.42 Å². The number of hydrogen-bond acceptors (Lipinski definition) is 5. The summed E-state index contributed by atoms with van der Waals surface area (Å²) < 4.78 is 28.4. The molecular weight excluding hydrogens is 358 g/mol. The molecule has 2 rings (SSSR count). The van der Waals surface area contributed by atoms with Crippen LogP contribution in [0.5, 0.6) is 5.75 Å². The summed E-state index contributed by atoms with van der Waals surface area (Å²) >= 11 is 1.72. The van der Waals surface area contributed by atoms with Crippen LogP contribution in [0.4, 0.5) is 0 Å². The highest BCUT2D eigenvalue weighted by molar-refractivity contribution is 7.90. The minimum atomic E-state index is -3.18. The molecule has 2 N–H and O–H groups in total. The van der Waals surface area contributed by atoms with E-state index in [0.717, 1.165) is 6.54 Å². The molecule has 0 spiro atoms. The van der Waals surface area contributed by atoms with Crippen LogP contribution in [-0.4, -0.2) is 40.8 Å². The highest BCUT2D eigenvalue weighted by atomic mass is 32.2. The van der Waals surface area contributed by atoms with Crippen molar-refractivity contribution in [3.63, 3.8) is 0 Å². The Balaban J connectivity index is 1.73. The van der Waals surface area contributed by atoms with Gasteiger partial charge in [-0.05, 0) is 48.2 Å². The number of hydrogen-bond donors (Lipinski definition) is 2. The Hall–Kier alpha value is -2.06. The number of aliphatic imine (C=N–C) groups is 1. The maximum absolute atomic E-state index is 11.4. The number of guanidine groups is 1. The van der Waals surface area contributed by atoms with E-state index in [1.54, 1.807) is 42.6 Å². The first-order chi connectivity index (χ1) is 11.9. The van der Waals surface area contributed by atoms with Gasteiger partial charge in [0.25, 0.3) is 0 Å².